The fourth-order valence-corrected chi connectivity index (χ4v) is 7.06. The third-order valence-electron chi connectivity index (χ3n) is 9.05. The fraction of sp³-hybridized carbons (Fsp3) is 0.594. The van der Waals surface area contributed by atoms with Gasteiger partial charge in [-0.3, -0.25) is 14.4 Å². The van der Waals surface area contributed by atoms with Gasteiger partial charge in [0.15, 0.2) is 0 Å². The van der Waals surface area contributed by atoms with Crippen molar-refractivity contribution < 1.29 is 29.0 Å². The van der Waals surface area contributed by atoms with Crippen molar-refractivity contribution in [3.8, 4) is 0 Å². The average molecular weight is 553 g/mol. The van der Waals surface area contributed by atoms with Crippen LogP contribution in [0.15, 0.2) is 55.6 Å². The summed E-state index contributed by atoms with van der Waals surface area (Å²) >= 11 is 0. The third kappa shape index (κ3) is 5.36. The SMILES string of the molecule is C=CCCOC(=O)[C@@H]1[C@H]2C(=O)N(CCCCCCO)C(C(=O)N(CC=C)Cc3ccccc3)C23CC(C)[C@@]1(C)O3. The van der Waals surface area contributed by atoms with E-state index in [2.05, 4.69) is 13.2 Å². The number of esters is 1. The highest BCUT2D eigenvalue weighted by atomic mass is 16.6. The average Bonchev–Trinajstić information content (AvgIpc) is 3.45. The molecule has 6 atom stereocenters. The summed E-state index contributed by atoms with van der Waals surface area (Å²) < 4.78 is 12.4. The van der Waals surface area contributed by atoms with Gasteiger partial charge in [0.1, 0.15) is 17.6 Å². The molecule has 218 valence electrons. The van der Waals surface area contributed by atoms with Crippen molar-refractivity contribution in [2.75, 3.05) is 26.3 Å². The first kappa shape index (κ1) is 30.0. The van der Waals surface area contributed by atoms with Crippen molar-refractivity contribution in [3.63, 3.8) is 0 Å². The summed E-state index contributed by atoms with van der Waals surface area (Å²) in [6.07, 6.45) is 7.48. The lowest BCUT2D eigenvalue weighted by molar-refractivity contribution is -0.162. The summed E-state index contributed by atoms with van der Waals surface area (Å²) in [5.74, 6) is -2.45. The Bertz CT molecular complexity index is 1090. The zero-order chi connectivity index (χ0) is 28.9. The molecule has 8 heteroatoms. The molecule has 3 aliphatic heterocycles. The van der Waals surface area contributed by atoms with Crippen LogP contribution in [0.3, 0.4) is 0 Å². The monoisotopic (exact) mass is 552 g/mol. The number of ether oxygens (including phenoxy) is 2. The third-order valence-corrected chi connectivity index (χ3v) is 9.05. The highest BCUT2D eigenvalue weighted by molar-refractivity contribution is 5.98. The minimum atomic E-state index is -1.11. The van der Waals surface area contributed by atoms with Crippen LogP contribution >= 0.6 is 0 Å². The van der Waals surface area contributed by atoms with Crippen LogP contribution in [-0.4, -0.2) is 76.2 Å². The molecule has 40 heavy (non-hydrogen) atoms. The topological polar surface area (TPSA) is 96.4 Å². The second kappa shape index (κ2) is 12.7. The first-order valence-corrected chi connectivity index (χ1v) is 14.6. The number of benzene rings is 1. The zero-order valence-corrected chi connectivity index (χ0v) is 23.9. The molecule has 3 unspecified atom stereocenters. The van der Waals surface area contributed by atoms with E-state index in [0.717, 1.165) is 18.4 Å². The molecular formula is C32H44N2O6. The van der Waals surface area contributed by atoms with E-state index in [9.17, 15) is 14.4 Å². The Labute approximate surface area is 238 Å². The molecule has 1 aromatic rings. The van der Waals surface area contributed by atoms with E-state index in [0.29, 0.717) is 45.3 Å². The maximum Gasteiger partial charge on any atom is 0.312 e. The van der Waals surface area contributed by atoms with Crippen LogP contribution in [0.4, 0.5) is 0 Å². The highest BCUT2D eigenvalue weighted by Gasteiger charge is 2.80. The summed E-state index contributed by atoms with van der Waals surface area (Å²) in [4.78, 5) is 45.6. The van der Waals surface area contributed by atoms with Crippen LogP contribution in [0.1, 0.15) is 57.9 Å². The van der Waals surface area contributed by atoms with Gasteiger partial charge >= 0.3 is 5.97 Å². The number of carbonyl (C=O) groups is 3. The number of nitrogens with zero attached hydrogens (tertiary/aromatic N) is 2. The van der Waals surface area contributed by atoms with Gasteiger partial charge in [-0.25, -0.2) is 0 Å². The smallest absolute Gasteiger partial charge is 0.312 e. The molecule has 0 radical (unpaired) electrons. The standard InChI is InChI=1S/C32H44N2O6/c1-5-7-20-39-30(38)26-25-28(36)34(18-13-8-9-14-19-35)27(32(25)21-23(3)31(26,4)40-32)29(37)33(17-6-2)22-24-15-11-10-12-16-24/h5-6,10-12,15-16,23,25-27,35H,1-2,7-9,13-14,17-22H2,3-4H3/t23?,25-,26-,27?,31+,32?/m0/s1. The number of fused-ring (bicyclic) bond motifs is 1. The van der Waals surface area contributed by atoms with Crippen LogP contribution in [0.5, 0.6) is 0 Å². The van der Waals surface area contributed by atoms with Crippen LogP contribution in [0.25, 0.3) is 0 Å². The molecule has 3 fully saturated rings. The Morgan fingerprint density at radius 2 is 1.90 bits per heavy atom. The summed E-state index contributed by atoms with van der Waals surface area (Å²) in [7, 11) is 0. The molecule has 2 amide bonds. The summed E-state index contributed by atoms with van der Waals surface area (Å²) in [6, 6.07) is 8.90. The van der Waals surface area contributed by atoms with Crippen LogP contribution in [-0.2, 0) is 30.4 Å². The van der Waals surface area contributed by atoms with Crippen molar-refractivity contribution in [3.05, 3.63) is 61.2 Å². The van der Waals surface area contributed by atoms with Crippen LogP contribution in [0, 0.1) is 17.8 Å². The van der Waals surface area contributed by atoms with E-state index >= 15 is 0 Å². The lowest BCUT2D eigenvalue weighted by Gasteiger charge is -2.37. The Morgan fingerprint density at radius 3 is 2.58 bits per heavy atom. The van der Waals surface area contributed by atoms with E-state index in [-0.39, 0.29) is 30.9 Å². The molecule has 3 heterocycles. The van der Waals surface area contributed by atoms with Crippen molar-refractivity contribution >= 4 is 17.8 Å². The fourth-order valence-electron chi connectivity index (χ4n) is 7.06. The second-order valence-corrected chi connectivity index (χ2v) is 11.6. The summed E-state index contributed by atoms with van der Waals surface area (Å²) in [6.45, 7) is 12.9. The molecule has 2 bridgehead atoms. The molecule has 0 saturated carbocycles. The van der Waals surface area contributed by atoms with E-state index < -0.39 is 35.0 Å². The molecule has 8 nitrogen and oxygen atoms in total. The molecule has 4 rings (SSSR count). The van der Waals surface area contributed by atoms with Gasteiger partial charge < -0.3 is 24.4 Å². The van der Waals surface area contributed by atoms with Crippen LogP contribution < -0.4 is 0 Å². The molecule has 1 N–H and O–H groups in total. The Hall–Kier alpha value is -2.97. The van der Waals surface area contributed by atoms with Gasteiger partial charge in [0.2, 0.25) is 11.8 Å². The van der Waals surface area contributed by atoms with E-state index in [1.807, 2.05) is 44.2 Å². The van der Waals surface area contributed by atoms with E-state index in [4.69, 9.17) is 14.6 Å². The maximum atomic E-state index is 14.5. The van der Waals surface area contributed by atoms with Gasteiger partial charge in [-0.1, -0.05) is 62.2 Å². The van der Waals surface area contributed by atoms with Crippen molar-refractivity contribution in [2.24, 2.45) is 17.8 Å². The molecule has 0 aliphatic carbocycles. The minimum absolute atomic E-state index is 0.0460. The first-order chi connectivity index (χ1) is 19.2. The van der Waals surface area contributed by atoms with Crippen molar-refractivity contribution in [2.45, 2.75) is 76.2 Å². The normalized spacial score (nSPS) is 30.3. The molecule has 1 aromatic carbocycles. The number of hydrogen-bond donors (Lipinski definition) is 1. The zero-order valence-electron chi connectivity index (χ0n) is 23.9. The van der Waals surface area contributed by atoms with Crippen LogP contribution in [0.2, 0.25) is 0 Å². The minimum Gasteiger partial charge on any atom is -0.465 e. The summed E-state index contributed by atoms with van der Waals surface area (Å²) in [5.41, 5.74) is -1.03. The van der Waals surface area contributed by atoms with Crippen molar-refractivity contribution in [1.29, 1.82) is 0 Å². The molecule has 1 spiro atoms. The lowest BCUT2D eigenvalue weighted by atomic mass is 9.62. The number of carbonyl (C=O) groups excluding carboxylic acids is 3. The number of likely N-dealkylation sites (tertiary alicyclic amines) is 1. The number of aliphatic hydroxyl groups is 1. The lowest BCUT2D eigenvalue weighted by Crippen LogP contribution is -2.56. The van der Waals surface area contributed by atoms with Gasteiger partial charge in [-0.15, -0.1) is 13.2 Å². The Kier molecular flexibility index (Phi) is 9.52. The van der Waals surface area contributed by atoms with E-state index in [1.165, 1.54) is 0 Å². The Balaban J connectivity index is 1.70. The van der Waals surface area contributed by atoms with E-state index in [1.54, 1.807) is 22.0 Å². The quantitative estimate of drug-likeness (QED) is 0.202. The number of aliphatic hydroxyl groups excluding tert-OH is 1. The maximum absolute atomic E-state index is 14.5. The van der Waals surface area contributed by atoms with Gasteiger partial charge in [0.25, 0.3) is 0 Å². The number of amides is 2. The number of rotatable bonds is 15. The van der Waals surface area contributed by atoms with Crippen molar-refractivity contribution in [1.82, 2.24) is 9.80 Å². The first-order valence-electron chi connectivity index (χ1n) is 14.6. The van der Waals surface area contributed by atoms with Gasteiger partial charge in [0.05, 0.1) is 18.1 Å². The largest absolute Gasteiger partial charge is 0.465 e. The summed E-state index contributed by atoms with van der Waals surface area (Å²) in [5, 5.41) is 9.17. The van der Waals surface area contributed by atoms with Gasteiger partial charge in [-0.2, -0.15) is 0 Å². The number of unbranched alkanes of at least 4 members (excludes halogenated alkanes) is 3. The van der Waals surface area contributed by atoms with Gasteiger partial charge in [-0.05, 0) is 44.1 Å². The predicted octanol–water partition coefficient (Wildman–Crippen LogP) is 3.88. The molecule has 3 saturated heterocycles. The molecule has 0 aromatic heterocycles. The molecular weight excluding hydrogens is 508 g/mol. The highest BCUT2D eigenvalue weighted by Crippen LogP contribution is 2.65. The molecule has 3 aliphatic rings. The number of hydrogen-bond acceptors (Lipinski definition) is 6. The Morgan fingerprint density at radius 1 is 1.18 bits per heavy atom. The van der Waals surface area contributed by atoms with Gasteiger partial charge in [0, 0.05) is 26.2 Å². The predicted molar refractivity (Wildman–Crippen MR) is 152 cm³/mol. The second-order valence-electron chi connectivity index (χ2n) is 11.6.